The lowest BCUT2D eigenvalue weighted by atomic mass is 10.2. The summed E-state index contributed by atoms with van der Waals surface area (Å²) in [5.74, 6) is -0.0530. The molecule has 9 heteroatoms. The fourth-order valence-electron chi connectivity index (χ4n) is 1.49. The molecule has 22 heavy (non-hydrogen) atoms. The number of rotatable bonds is 9. The van der Waals surface area contributed by atoms with Gasteiger partial charge < -0.3 is 10.4 Å². The van der Waals surface area contributed by atoms with Crippen molar-refractivity contribution in [3.05, 3.63) is 16.4 Å². The van der Waals surface area contributed by atoms with Crippen LogP contribution in [0.5, 0.6) is 0 Å². The molecule has 1 heterocycles. The lowest BCUT2D eigenvalue weighted by Gasteiger charge is -2.14. The predicted molar refractivity (Wildman–Crippen MR) is 92.6 cm³/mol. The predicted octanol–water partition coefficient (Wildman–Crippen LogP) is 2.68. The fraction of sp³-hybridized carbons (Fsp3) is 0.538. The molecular weight excluding hydrogens is 390 g/mol. The number of thioether (sulfide) groups is 2. The van der Waals surface area contributed by atoms with Crippen LogP contribution < -0.4 is 5.32 Å². The molecule has 0 bridgehead atoms. The lowest BCUT2D eigenvalue weighted by molar-refractivity contribution is -0.139. The van der Waals surface area contributed by atoms with Gasteiger partial charge in [0.2, 0.25) is 0 Å². The van der Waals surface area contributed by atoms with Gasteiger partial charge in [-0.15, -0.1) is 0 Å². The van der Waals surface area contributed by atoms with Crippen molar-refractivity contribution in [1.82, 2.24) is 15.3 Å². The molecule has 0 saturated carbocycles. The van der Waals surface area contributed by atoms with Crippen molar-refractivity contribution in [2.24, 2.45) is 0 Å². The molecule has 1 atom stereocenters. The molecule has 1 rings (SSSR count). The molecule has 0 fully saturated rings. The maximum atomic E-state index is 12.3. The third kappa shape index (κ3) is 6.13. The second-order valence-electron chi connectivity index (χ2n) is 4.34. The van der Waals surface area contributed by atoms with Crippen LogP contribution in [-0.4, -0.2) is 50.8 Å². The van der Waals surface area contributed by atoms with Crippen molar-refractivity contribution in [1.29, 1.82) is 0 Å². The Kier molecular flexibility index (Phi) is 8.81. The first-order valence-electron chi connectivity index (χ1n) is 6.67. The Bertz CT molecular complexity index is 531. The molecule has 1 aromatic heterocycles. The molecule has 0 aromatic carbocycles. The number of hydrogen-bond donors (Lipinski definition) is 2. The molecule has 6 nitrogen and oxygen atoms in total. The van der Waals surface area contributed by atoms with Gasteiger partial charge in [0.05, 0.1) is 4.47 Å². The highest BCUT2D eigenvalue weighted by Gasteiger charge is 2.22. The summed E-state index contributed by atoms with van der Waals surface area (Å²) >= 11 is 6.22. The maximum absolute atomic E-state index is 12.3. The highest BCUT2D eigenvalue weighted by Crippen LogP contribution is 2.19. The van der Waals surface area contributed by atoms with Crippen LogP contribution in [0.2, 0.25) is 0 Å². The summed E-state index contributed by atoms with van der Waals surface area (Å²) in [6.07, 6.45) is 4.74. The van der Waals surface area contributed by atoms with Gasteiger partial charge in [-0.3, -0.25) is 4.79 Å². The monoisotopic (exact) mass is 407 g/mol. The van der Waals surface area contributed by atoms with E-state index in [0.29, 0.717) is 21.8 Å². The van der Waals surface area contributed by atoms with Gasteiger partial charge in [-0.05, 0) is 40.8 Å². The van der Waals surface area contributed by atoms with Gasteiger partial charge in [0.1, 0.15) is 11.7 Å². The second kappa shape index (κ2) is 10.1. The zero-order valence-electron chi connectivity index (χ0n) is 12.3. The van der Waals surface area contributed by atoms with E-state index in [9.17, 15) is 9.59 Å². The minimum absolute atomic E-state index is 0.156. The Morgan fingerprint density at radius 3 is 2.77 bits per heavy atom. The summed E-state index contributed by atoms with van der Waals surface area (Å²) in [5.41, 5.74) is 0.156. The van der Waals surface area contributed by atoms with Crippen molar-refractivity contribution < 1.29 is 14.7 Å². The molecule has 1 amide bonds. The summed E-state index contributed by atoms with van der Waals surface area (Å²) in [5, 5.41) is 12.2. The van der Waals surface area contributed by atoms with Gasteiger partial charge in [0.15, 0.2) is 5.16 Å². The Morgan fingerprint density at radius 1 is 1.45 bits per heavy atom. The third-order valence-electron chi connectivity index (χ3n) is 2.59. The number of nitrogens with zero attached hydrogens (tertiary/aromatic N) is 2. The van der Waals surface area contributed by atoms with Crippen LogP contribution in [0, 0.1) is 0 Å². The summed E-state index contributed by atoms with van der Waals surface area (Å²) in [6, 6.07) is -0.923. The van der Waals surface area contributed by atoms with Crippen molar-refractivity contribution in [2.45, 2.75) is 31.0 Å². The van der Waals surface area contributed by atoms with Crippen molar-refractivity contribution in [2.75, 3.05) is 17.8 Å². The highest BCUT2D eigenvalue weighted by molar-refractivity contribution is 9.10. The average Bonchev–Trinajstić information content (AvgIpc) is 2.50. The maximum Gasteiger partial charge on any atom is 0.326 e. The number of carbonyl (C=O) groups is 2. The summed E-state index contributed by atoms with van der Waals surface area (Å²) in [4.78, 5) is 31.8. The molecule has 0 spiro atoms. The number of amides is 1. The normalized spacial score (nSPS) is 12.0. The molecule has 2 N–H and O–H groups in total. The third-order valence-corrected chi connectivity index (χ3v) is 4.88. The zero-order valence-corrected chi connectivity index (χ0v) is 15.6. The molecule has 0 saturated heterocycles. The topological polar surface area (TPSA) is 92.2 Å². The van der Waals surface area contributed by atoms with Gasteiger partial charge in [-0.1, -0.05) is 18.7 Å². The van der Waals surface area contributed by atoms with Crippen LogP contribution in [0.25, 0.3) is 0 Å². The largest absolute Gasteiger partial charge is 0.480 e. The van der Waals surface area contributed by atoms with E-state index in [0.717, 1.165) is 12.2 Å². The van der Waals surface area contributed by atoms with E-state index in [1.807, 2.05) is 13.2 Å². The first kappa shape index (κ1) is 19.2. The minimum atomic E-state index is -1.05. The molecule has 0 aliphatic rings. The zero-order chi connectivity index (χ0) is 16.5. The van der Waals surface area contributed by atoms with Crippen LogP contribution in [0.15, 0.2) is 15.8 Å². The van der Waals surface area contributed by atoms with E-state index in [1.54, 1.807) is 0 Å². The molecule has 1 aromatic rings. The molecule has 122 valence electrons. The second-order valence-corrected chi connectivity index (χ2v) is 7.25. The van der Waals surface area contributed by atoms with Gasteiger partial charge in [-0.25, -0.2) is 14.8 Å². The number of aliphatic carboxylic acids is 1. The van der Waals surface area contributed by atoms with E-state index in [-0.39, 0.29) is 5.69 Å². The number of carboxylic acids is 1. The standard InChI is InChI=1S/C13H18BrN3O3S2/c1-3-5-22-13-15-7-8(14)10(17-13)11(18)16-9(12(19)20)4-6-21-2/h7,9H,3-6H2,1-2H3,(H,16,18)(H,19,20). The fourth-order valence-corrected chi connectivity index (χ4v) is 3.01. The van der Waals surface area contributed by atoms with E-state index in [4.69, 9.17) is 5.11 Å². The van der Waals surface area contributed by atoms with Crippen molar-refractivity contribution in [3.63, 3.8) is 0 Å². The Morgan fingerprint density at radius 2 is 2.18 bits per heavy atom. The summed E-state index contributed by atoms with van der Waals surface area (Å²) < 4.78 is 0.444. The number of carboxylic acid groups (broad SMARTS) is 1. The summed E-state index contributed by atoms with van der Waals surface area (Å²) in [7, 11) is 0. The average molecular weight is 408 g/mol. The highest BCUT2D eigenvalue weighted by atomic mass is 79.9. The number of aromatic nitrogens is 2. The minimum Gasteiger partial charge on any atom is -0.480 e. The lowest BCUT2D eigenvalue weighted by Crippen LogP contribution is -2.41. The molecule has 1 unspecified atom stereocenters. The van der Waals surface area contributed by atoms with Gasteiger partial charge in [0, 0.05) is 11.9 Å². The first-order chi connectivity index (χ1) is 10.5. The van der Waals surface area contributed by atoms with E-state index < -0.39 is 17.9 Å². The number of halogens is 1. The van der Waals surface area contributed by atoms with Crippen molar-refractivity contribution in [3.8, 4) is 0 Å². The van der Waals surface area contributed by atoms with Crippen LogP contribution in [-0.2, 0) is 4.79 Å². The molecule has 0 aliphatic carbocycles. The van der Waals surface area contributed by atoms with Crippen LogP contribution in [0.4, 0.5) is 0 Å². The summed E-state index contributed by atoms with van der Waals surface area (Å²) in [6.45, 7) is 2.04. The molecule has 0 radical (unpaired) electrons. The van der Waals surface area contributed by atoms with Gasteiger partial charge >= 0.3 is 5.97 Å². The van der Waals surface area contributed by atoms with E-state index in [1.165, 1.54) is 29.7 Å². The Labute approximate surface area is 146 Å². The first-order valence-corrected chi connectivity index (χ1v) is 9.84. The smallest absolute Gasteiger partial charge is 0.326 e. The Balaban J connectivity index is 2.84. The van der Waals surface area contributed by atoms with E-state index >= 15 is 0 Å². The van der Waals surface area contributed by atoms with Crippen molar-refractivity contribution >= 4 is 51.3 Å². The van der Waals surface area contributed by atoms with Gasteiger partial charge in [0.25, 0.3) is 5.91 Å². The Hall–Kier alpha value is -0.800. The number of carbonyl (C=O) groups excluding carboxylic acids is 1. The SMILES string of the molecule is CCCSc1ncc(Br)c(C(=O)NC(CCSC)C(=O)O)n1. The quantitative estimate of drug-likeness (QED) is 0.479. The van der Waals surface area contributed by atoms with E-state index in [2.05, 4.69) is 31.2 Å². The van der Waals surface area contributed by atoms with Gasteiger partial charge in [-0.2, -0.15) is 11.8 Å². The van der Waals surface area contributed by atoms with Crippen LogP contribution >= 0.6 is 39.5 Å². The molecule has 0 aliphatic heterocycles. The number of nitrogens with one attached hydrogen (secondary N) is 1. The van der Waals surface area contributed by atoms with Crippen LogP contribution in [0.1, 0.15) is 30.3 Å². The molecular formula is C13H18BrN3O3S2. The number of hydrogen-bond acceptors (Lipinski definition) is 6. The van der Waals surface area contributed by atoms with Crippen LogP contribution in [0.3, 0.4) is 0 Å².